The third-order valence-electron chi connectivity index (χ3n) is 5.36. The van der Waals surface area contributed by atoms with Crippen LogP contribution in [0.3, 0.4) is 0 Å². The van der Waals surface area contributed by atoms with E-state index < -0.39 is 24.0 Å². The fourth-order valence-electron chi connectivity index (χ4n) is 3.31. The molecule has 0 heterocycles. The molecule has 0 aromatic heterocycles. The van der Waals surface area contributed by atoms with Gasteiger partial charge in [-0.2, -0.15) is 0 Å². The Hall–Kier alpha value is -4.20. The van der Waals surface area contributed by atoms with Gasteiger partial charge in [-0.25, -0.2) is 5.48 Å². The first-order valence-electron chi connectivity index (χ1n) is 11.6. The number of amides is 3. The predicted molar refractivity (Wildman–Crippen MR) is 144 cm³/mol. The van der Waals surface area contributed by atoms with Crippen LogP contribution in [0.25, 0.3) is 0 Å². The lowest BCUT2D eigenvalue weighted by molar-refractivity contribution is -0.133. The topological polar surface area (TPSA) is 140 Å². The largest absolute Gasteiger partial charge is 0.391 e. The molecule has 3 amide bonds. The summed E-state index contributed by atoms with van der Waals surface area (Å²) in [4.78, 5) is 36.1. The highest BCUT2D eigenvalue weighted by Gasteiger charge is 2.25. The smallest absolute Gasteiger partial charge is 0.268 e. The number of aliphatic hydroxyl groups is 1. The standard InChI is InChI=1S/C28H27ClN4O5/c1-18(34)26(28(37)33-38)32-27(36)22-10-4-19(5-11-22)2-3-20-8-14-24(15-9-20)31-25(35)17-30-16-21-6-12-23(29)13-7-21/h4-15,18,26,30,34,38H,16-17H2,1H3,(H,31,35)(H,32,36)(H,33,37)/t18-,26+/m1/s1. The molecule has 6 N–H and O–H groups in total. The Bertz CT molecular complexity index is 1310. The zero-order chi connectivity index (χ0) is 27.5. The van der Waals surface area contributed by atoms with Gasteiger partial charge < -0.3 is 21.1 Å². The maximum Gasteiger partial charge on any atom is 0.268 e. The van der Waals surface area contributed by atoms with Crippen LogP contribution in [-0.4, -0.2) is 46.7 Å². The van der Waals surface area contributed by atoms with Crippen LogP contribution in [0.5, 0.6) is 0 Å². The Kier molecular flexibility index (Phi) is 10.4. The predicted octanol–water partition coefficient (Wildman–Crippen LogP) is 2.45. The SMILES string of the molecule is C[C@@H](O)[C@H](NC(=O)c1ccc(C#Cc2ccc(NC(=O)CNCc3ccc(Cl)cc3)cc2)cc1)C(=O)NO. The van der Waals surface area contributed by atoms with Gasteiger partial charge in [-0.05, 0) is 73.2 Å². The van der Waals surface area contributed by atoms with E-state index in [9.17, 15) is 19.5 Å². The highest BCUT2D eigenvalue weighted by Crippen LogP contribution is 2.11. The number of rotatable bonds is 9. The second-order valence-corrected chi connectivity index (χ2v) is 8.79. The van der Waals surface area contributed by atoms with Crippen molar-refractivity contribution in [2.45, 2.75) is 25.6 Å². The average molecular weight is 535 g/mol. The summed E-state index contributed by atoms with van der Waals surface area (Å²) in [5.41, 5.74) is 4.74. The molecule has 9 nitrogen and oxygen atoms in total. The first kappa shape index (κ1) is 28.4. The van der Waals surface area contributed by atoms with Crippen molar-refractivity contribution < 1.29 is 24.7 Å². The number of hydroxylamine groups is 1. The number of aliphatic hydroxyl groups excluding tert-OH is 1. The van der Waals surface area contributed by atoms with E-state index in [1.54, 1.807) is 48.5 Å². The van der Waals surface area contributed by atoms with Gasteiger partial charge in [0.2, 0.25) is 5.91 Å². The molecule has 0 saturated heterocycles. The van der Waals surface area contributed by atoms with E-state index in [1.807, 2.05) is 12.1 Å². The highest BCUT2D eigenvalue weighted by molar-refractivity contribution is 6.30. The van der Waals surface area contributed by atoms with Crippen molar-refractivity contribution in [2.75, 3.05) is 11.9 Å². The van der Waals surface area contributed by atoms with Crippen LogP contribution < -0.4 is 21.4 Å². The lowest BCUT2D eigenvalue weighted by Gasteiger charge is -2.19. The van der Waals surface area contributed by atoms with Crippen LogP contribution >= 0.6 is 11.6 Å². The van der Waals surface area contributed by atoms with Crippen molar-refractivity contribution in [2.24, 2.45) is 0 Å². The molecule has 0 aliphatic heterocycles. The van der Waals surface area contributed by atoms with E-state index in [4.69, 9.17) is 16.8 Å². The molecule has 38 heavy (non-hydrogen) atoms. The monoisotopic (exact) mass is 534 g/mol. The summed E-state index contributed by atoms with van der Waals surface area (Å²) in [6.07, 6.45) is -1.20. The van der Waals surface area contributed by atoms with Gasteiger partial charge >= 0.3 is 0 Å². The number of hydrogen-bond acceptors (Lipinski definition) is 6. The Balaban J connectivity index is 1.50. The maximum atomic E-state index is 12.4. The van der Waals surface area contributed by atoms with Gasteiger partial charge in [-0.1, -0.05) is 35.6 Å². The van der Waals surface area contributed by atoms with Gasteiger partial charge in [-0.15, -0.1) is 0 Å². The Morgan fingerprint density at radius 1 is 0.895 bits per heavy atom. The lowest BCUT2D eigenvalue weighted by Crippen LogP contribution is -2.51. The Labute approximate surface area is 225 Å². The summed E-state index contributed by atoms with van der Waals surface area (Å²) >= 11 is 5.87. The Morgan fingerprint density at radius 2 is 1.47 bits per heavy atom. The number of carbonyl (C=O) groups excluding carboxylic acids is 3. The fourth-order valence-corrected chi connectivity index (χ4v) is 3.44. The number of anilines is 1. The van der Waals surface area contributed by atoms with Crippen molar-refractivity contribution >= 4 is 35.0 Å². The molecule has 0 bridgehead atoms. The van der Waals surface area contributed by atoms with Gasteiger partial charge in [0.1, 0.15) is 6.04 Å². The number of benzene rings is 3. The van der Waals surface area contributed by atoms with E-state index in [0.717, 1.165) is 11.1 Å². The molecule has 0 aliphatic carbocycles. The molecule has 0 spiro atoms. The second-order valence-electron chi connectivity index (χ2n) is 8.35. The van der Waals surface area contributed by atoms with E-state index in [1.165, 1.54) is 24.5 Å². The lowest BCUT2D eigenvalue weighted by atomic mass is 10.1. The molecule has 3 aromatic carbocycles. The minimum absolute atomic E-state index is 0.159. The van der Waals surface area contributed by atoms with E-state index in [-0.39, 0.29) is 18.0 Å². The van der Waals surface area contributed by atoms with E-state index >= 15 is 0 Å². The van der Waals surface area contributed by atoms with Gasteiger partial charge in [0.25, 0.3) is 11.8 Å². The van der Waals surface area contributed by atoms with Crippen molar-refractivity contribution in [1.82, 2.24) is 16.1 Å². The summed E-state index contributed by atoms with van der Waals surface area (Å²) in [6, 6.07) is 19.6. The summed E-state index contributed by atoms with van der Waals surface area (Å²) in [5, 5.41) is 27.3. The summed E-state index contributed by atoms with van der Waals surface area (Å²) in [5.74, 6) is 4.34. The highest BCUT2D eigenvalue weighted by atomic mass is 35.5. The number of carbonyl (C=O) groups is 3. The molecule has 3 rings (SSSR count). The number of hydrogen-bond donors (Lipinski definition) is 6. The molecule has 10 heteroatoms. The first-order valence-corrected chi connectivity index (χ1v) is 12.0. The molecule has 2 atom stereocenters. The Morgan fingerprint density at radius 3 is 2.03 bits per heavy atom. The third kappa shape index (κ3) is 8.73. The molecule has 0 aliphatic rings. The van der Waals surface area contributed by atoms with Gasteiger partial charge in [0.05, 0.1) is 12.6 Å². The molecule has 3 aromatic rings. The zero-order valence-electron chi connectivity index (χ0n) is 20.5. The van der Waals surface area contributed by atoms with Gasteiger partial charge in [-0.3, -0.25) is 19.6 Å². The number of halogens is 1. The normalized spacial score (nSPS) is 11.9. The number of nitrogens with one attached hydrogen (secondary N) is 4. The molecule has 0 saturated carbocycles. The third-order valence-corrected chi connectivity index (χ3v) is 5.61. The van der Waals surface area contributed by atoms with Crippen molar-refractivity contribution in [3.05, 3.63) is 100 Å². The molecule has 196 valence electrons. The molecule has 0 unspecified atom stereocenters. The van der Waals surface area contributed by atoms with Crippen LogP contribution in [0.4, 0.5) is 5.69 Å². The van der Waals surface area contributed by atoms with Gasteiger partial charge in [0, 0.05) is 33.9 Å². The van der Waals surface area contributed by atoms with E-state index in [2.05, 4.69) is 27.8 Å². The molecular formula is C28H27ClN4O5. The summed E-state index contributed by atoms with van der Waals surface area (Å²) < 4.78 is 0. The van der Waals surface area contributed by atoms with Gasteiger partial charge in [0.15, 0.2) is 0 Å². The second kappa shape index (κ2) is 13.9. The van der Waals surface area contributed by atoms with Crippen LogP contribution in [-0.2, 0) is 16.1 Å². The first-order chi connectivity index (χ1) is 18.2. The minimum Gasteiger partial charge on any atom is -0.391 e. The van der Waals surface area contributed by atoms with Crippen molar-refractivity contribution in [3.63, 3.8) is 0 Å². The molecule has 0 fully saturated rings. The quantitative estimate of drug-likeness (QED) is 0.142. The molecular weight excluding hydrogens is 508 g/mol. The van der Waals surface area contributed by atoms with Crippen molar-refractivity contribution in [3.8, 4) is 11.8 Å². The zero-order valence-corrected chi connectivity index (χ0v) is 21.3. The van der Waals surface area contributed by atoms with Crippen molar-refractivity contribution in [1.29, 1.82) is 0 Å². The van der Waals surface area contributed by atoms with E-state index in [0.29, 0.717) is 22.8 Å². The van der Waals surface area contributed by atoms with Crippen LogP contribution in [0.1, 0.15) is 34.0 Å². The van der Waals surface area contributed by atoms with Crippen LogP contribution in [0.15, 0.2) is 72.8 Å². The fraction of sp³-hybridized carbons (Fsp3) is 0.179. The summed E-state index contributed by atoms with van der Waals surface area (Å²) in [7, 11) is 0. The average Bonchev–Trinajstić information content (AvgIpc) is 2.92. The van der Waals surface area contributed by atoms with Crippen LogP contribution in [0, 0.1) is 11.8 Å². The maximum absolute atomic E-state index is 12.4. The van der Waals surface area contributed by atoms with Crippen LogP contribution in [0.2, 0.25) is 5.02 Å². The molecule has 0 radical (unpaired) electrons. The summed E-state index contributed by atoms with van der Waals surface area (Å²) in [6.45, 7) is 2.03. The minimum atomic E-state index is -1.30.